The van der Waals surface area contributed by atoms with Crippen LogP contribution >= 0.6 is 0 Å². The lowest BCUT2D eigenvalue weighted by atomic mass is 9.94. The van der Waals surface area contributed by atoms with Gasteiger partial charge in [0.1, 0.15) is 5.75 Å². The molecule has 0 bridgehead atoms. The van der Waals surface area contributed by atoms with Crippen molar-refractivity contribution in [1.29, 1.82) is 0 Å². The molecule has 0 radical (unpaired) electrons. The highest BCUT2D eigenvalue weighted by Gasteiger charge is 2.09. The van der Waals surface area contributed by atoms with Crippen LogP contribution < -0.4 is 4.74 Å². The summed E-state index contributed by atoms with van der Waals surface area (Å²) in [7, 11) is 1.60. The first-order chi connectivity index (χ1) is 8.67. The normalized spacial score (nSPS) is 10.2. The first-order valence-corrected chi connectivity index (χ1v) is 5.87. The maximum Gasteiger partial charge on any atom is 0.150 e. The zero-order valence-corrected chi connectivity index (χ0v) is 10.9. The van der Waals surface area contributed by atoms with Crippen LogP contribution in [0.4, 0.5) is 0 Å². The van der Waals surface area contributed by atoms with Crippen molar-refractivity contribution in [3.63, 3.8) is 0 Å². The molecule has 0 N–H and O–H groups in total. The molecule has 2 aromatic carbocycles. The van der Waals surface area contributed by atoms with E-state index in [0.717, 1.165) is 17.4 Å². The lowest BCUT2D eigenvalue weighted by Gasteiger charge is -2.11. The van der Waals surface area contributed by atoms with Crippen LogP contribution in [0.2, 0.25) is 0 Å². The lowest BCUT2D eigenvalue weighted by molar-refractivity contribution is 0.112. The second-order valence-electron chi connectivity index (χ2n) is 4.32. The van der Waals surface area contributed by atoms with E-state index in [2.05, 4.69) is 19.9 Å². The van der Waals surface area contributed by atoms with E-state index in [1.165, 1.54) is 11.1 Å². The standard InChI is InChI=1S/C16H16O2/c1-11-5-4-6-15(12(11)2)16-8-7-14(18-3)9-13(16)10-17/h4-10H,1-3H3. The highest BCUT2D eigenvalue weighted by molar-refractivity contribution is 5.89. The third kappa shape index (κ3) is 2.14. The first-order valence-electron chi connectivity index (χ1n) is 5.87. The minimum atomic E-state index is 0.656. The maximum atomic E-state index is 11.2. The zero-order valence-electron chi connectivity index (χ0n) is 10.9. The summed E-state index contributed by atoms with van der Waals surface area (Å²) in [6, 6.07) is 11.7. The Hall–Kier alpha value is -2.09. The first kappa shape index (κ1) is 12.4. The topological polar surface area (TPSA) is 26.3 Å². The number of aldehydes is 1. The van der Waals surface area contributed by atoms with E-state index in [-0.39, 0.29) is 0 Å². The molecular formula is C16H16O2. The molecule has 0 aromatic heterocycles. The second-order valence-corrected chi connectivity index (χ2v) is 4.32. The van der Waals surface area contributed by atoms with E-state index in [9.17, 15) is 4.79 Å². The fourth-order valence-electron chi connectivity index (χ4n) is 2.05. The van der Waals surface area contributed by atoms with Gasteiger partial charge in [0, 0.05) is 5.56 Å². The van der Waals surface area contributed by atoms with Crippen LogP contribution in [0.5, 0.6) is 5.75 Å². The van der Waals surface area contributed by atoms with Gasteiger partial charge in [-0.25, -0.2) is 0 Å². The molecule has 2 nitrogen and oxygen atoms in total. The quantitative estimate of drug-likeness (QED) is 0.763. The summed E-state index contributed by atoms with van der Waals surface area (Å²) in [4.78, 5) is 11.2. The number of carbonyl (C=O) groups excluding carboxylic acids is 1. The summed E-state index contributed by atoms with van der Waals surface area (Å²) in [6.45, 7) is 4.15. The molecular weight excluding hydrogens is 224 g/mol. The van der Waals surface area contributed by atoms with E-state index >= 15 is 0 Å². The van der Waals surface area contributed by atoms with Gasteiger partial charge in [0.05, 0.1) is 7.11 Å². The Morgan fingerprint density at radius 2 is 1.83 bits per heavy atom. The number of ether oxygens (including phenoxy) is 1. The minimum absolute atomic E-state index is 0.656. The SMILES string of the molecule is COc1ccc(-c2cccc(C)c2C)c(C=O)c1. The van der Waals surface area contributed by atoms with Gasteiger partial charge in [-0.15, -0.1) is 0 Å². The van der Waals surface area contributed by atoms with Gasteiger partial charge in [-0.2, -0.15) is 0 Å². The molecule has 0 unspecified atom stereocenters. The van der Waals surface area contributed by atoms with Crippen molar-refractivity contribution in [1.82, 2.24) is 0 Å². The molecule has 0 aliphatic rings. The smallest absolute Gasteiger partial charge is 0.150 e. The molecule has 0 saturated heterocycles. The van der Waals surface area contributed by atoms with Crippen molar-refractivity contribution in [2.24, 2.45) is 0 Å². The Kier molecular flexibility index (Phi) is 3.47. The zero-order chi connectivity index (χ0) is 13.1. The summed E-state index contributed by atoms with van der Waals surface area (Å²) in [6.07, 6.45) is 0.875. The Bertz CT molecular complexity index is 586. The Morgan fingerprint density at radius 3 is 2.50 bits per heavy atom. The van der Waals surface area contributed by atoms with Crippen molar-refractivity contribution < 1.29 is 9.53 Å². The Balaban J connectivity index is 2.63. The van der Waals surface area contributed by atoms with Gasteiger partial charge in [0.25, 0.3) is 0 Å². The Morgan fingerprint density at radius 1 is 1.06 bits per heavy atom. The van der Waals surface area contributed by atoms with Gasteiger partial charge < -0.3 is 4.74 Å². The summed E-state index contributed by atoms with van der Waals surface area (Å²) < 4.78 is 5.14. The number of benzene rings is 2. The molecule has 18 heavy (non-hydrogen) atoms. The summed E-state index contributed by atoms with van der Waals surface area (Å²) in [5, 5.41) is 0. The predicted molar refractivity (Wildman–Crippen MR) is 73.3 cm³/mol. The van der Waals surface area contributed by atoms with Crippen molar-refractivity contribution in [2.45, 2.75) is 13.8 Å². The highest BCUT2D eigenvalue weighted by Crippen LogP contribution is 2.30. The largest absolute Gasteiger partial charge is 0.497 e. The van der Waals surface area contributed by atoms with E-state index in [1.807, 2.05) is 24.3 Å². The van der Waals surface area contributed by atoms with E-state index < -0.39 is 0 Å². The Labute approximate surface area is 107 Å². The number of carbonyl (C=O) groups is 1. The monoisotopic (exact) mass is 240 g/mol. The molecule has 0 atom stereocenters. The van der Waals surface area contributed by atoms with Gasteiger partial charge >= 0.3 is 0 Å². The lowest BCUT2D eigenvalue weighted by Crippen LogP contribution is -1.93. The maximum absolute atomic E-state index is 11.2. The van der Waals surface area contributed by atoms with Crippen LogP contribution in [-0.4, -0.2) is 13.4 Å². The van der Waals surface area contributed by atoms with Crippen LogP contribution in [0.1, 0.15) is 21.5 Å². The molecule has 0 fully saturated rings. The van der Waals surface area contributed by atoms with Crippen molar-refractivity contribution >= 4 is 6.29 Å². The van der Waals surface area contributed by atoms with Crippen LogP contribution in [0.25, 0.3) is 11.1 Å². The number of aryl methyl sites for hydroxylation is 1. The van der Waals surface area contributed by atoms with Gasteiger partial charge in [0.15, 0.2) is 6.29 Å². The molecule has 0 amide bonds. The van der Waals surface area contributed by atoms with Gasteiger partial charge in [-0.1, -0.05) is 18.2 Å². The molecule has 2 aromatic rings. The van der Waals surface area contributed by atoms with E-state index in [1.54, 1.807) is 13.2 Å². The third-order valence-electron chi connectivity index (χ3n) is 3.28. The summed E-state index contributed by atoms with van der Waals surface area (Å²) >= 11 is 0. The number of hydrogen-bond acceptors (Lipinski definition) is 2. The summed E-state index contributed by atoms with van der Waals surface area (Å²) in [5.41, 5.74) is 5.13. The van der Waals surface area contributed by atoms with Crippen LogP contribution in [0, 0.1) is 13.8 Å². The molecule has 0 aliphatic heterocycles. The fraction of sp³-hybridized carbons (Fsp3) is 0.188. The number of methoxy groups -OCH3 is 1. The molecule has 2 rings (SSSR count). The number of rotatable bonds is 3. The van der Waals surface area contributed by atoms with Gasteiger partial charge in [-0.05, 0) is 54.3 Å². The fourth-order valence-corrected chi connectivity index (χ4v) is 2.05. The predicted octanol–water partition coefficient (Wildman–Crippen LogP) is 3.79. The van der Waals surface area contributed by atoms with E-state index in [0.29, 0.717) is 11.3 Å². The van der Waals surface area contributed by atoms with Crippen LogP contribution in [-0.2, 0) is 0 Å². The molecule has 92 valence electrons. The highest BCUT2D eigenvalue weighted by atomic mass is 16.5. The molecule has 2 heteroatoms. The molecule has 0 saturated carbocycles. The van der Waals surface area contributed by atoms with Gasteiger partial charge in [0.2, 0.25) is 0 Å². The summed E-state index contributed by atoms with van der Waals surface area (Å²) in [5.74, 6) is 0.700. The van der Waals surface area contributed by atoms with Gasteiger partial charge in [-0.3, -0.25) is 4.79 Å². The molecule has 0 spiro atoms. The average molecular weight is 240 g/mol. The third-order valence-corrected chi connectivity index (χ3v) is 3.28. The minimum Gasteiger partial charge on any atom is -0.497 e. The van der Waals surface area contributed by atoms with Crippen LogP contribution in [0.3, 0.4) is 0 Å². The molecule has 0 aliphatic carbocycles. The number of hydrogen-bond donors (Lipinski definition) is 0. The second kappa shape index (κ2) is 5.05. The van der Waals surface area contributed by atoms with E-state index in [4.69, 9.17) is 4.74 Å². The van der Waals surface area contributed by atoms with Crippen molar-refractivity contribution in [3.05, 3.63) is 53.1 Å². The molecule has 0 heterocycles. The van der Waals surface area contributed by atoms with Crippen LogP contribution in [0.15, 0.2) is 36.4 Å². The van der Waals surface area contributed by atoms with Crippen molar-refractivity contribution in [2.75, 3.05) is 7.11 Å². The van der Waals surface area contributed by atoms with Crippen molar-refractivity contribution in [3.8, 4) is 16.9 Å². The average Bonchev–Trinajstić information content (AvgIpc) is 2.41.